The number of carbonyl (C=O) groups excluding carboxylic acids is 1. The van der Waals surface area contributed by atoms with Crippen molar-refractivity contribution in [3.05, 3.63) is 71.6 Å². The molecule has 0 atom stereocenters. The smallest absolute Gasteiger partial charge is 0.273 e. The number of ether oxygens (including phenoxy) is 2. The van der Waals surface area contributed by atoms with Gasteiger partial charge in [-0.3, -0.25) is 4.79 Å². The van der Waals surface area contributed by atoms with Gasteiger partial charge in [-0.1, -0.05) is 40.1 Å². The zero-order valence-corrected chi connectivity index (χ0v) is 16.8. The third kappa shape index (κ3) is 4.00. The summed E-state index contributed by atoms with van der Waals surface area (Å²) in [7, 11) is 0. The number of aromatic nitrogens is 2. The monoisotopic (exact) mass is 417 g/mol. The lowest BCUT2D eigenvalue weighted by Crippen LogP contribution is -2.22. The second kappa shape index (κ2) is 7.98. The molecule has 1 N–H and O–H groups in total. The van der Waals surface area contributed by atoms with Crippen molar-refractivity contribution in [2.75, 3.05) is 13.2 Å². The number of fused-ring (bicyclic) bond motifs is 1. The molecule has 0 bridgehead atoms. The van der Waals surface area contributed by atoms with Crippen molar-refractivity contribution < 1.29 is 23.3 Å². The van der Waals surface area contributed by atoms with Crippen LogP contribution < -0.4 is 14.8 Å². The van der Waals surface area contributed by atoms with Crippen LogP contribution >= 0.6 is 0 Å². The molecule has 4 aromatic rings. The average molecular weight is 417 g/mol. The number of benzene rings is 2. The van der Waals surface area contributed by atoms with Crippen LogP contribution in [-0.2, 0) is 6.54 Å². The van der Waals surface area contributed by atoms with Gasteiger partial charge in [0.2, 0.25) is 0 Å². The predicted molar refractivity (Wildman–Crippen MR) is 111 cm³/mol. The van der Waals surface area contributed by atoms with Gasteiger partial charge in [-0.2, -0.15) is 0 Å². The van der Waals surface area contributed by atoms with Crippen molar-refractivity contribution in [1.82, 2.24) is 15.6 Å². The fourth-order valence-corrected chi connectivity index (χ4v) is 3.23. The zero-order valence-electron chi connectivity index (χ0n) is 16.8. The maximum atomic E-state index is 12.5. The van der Waals surface area contributed by atoms with E-state index in [1.54, 1.807) is 18.2 Å². The van der Waals surface area contributed by atoms with E-state index in [0.717, 1.165) is 11.1 Å². The number of amides is 1. The van der Waals surface area contributed by atoms with E-state index >= 15 is 0 Å². The highest BCUT2D eigenvalue weighted by Gasteiger charge is 2.17. The molecule has 0 unspecified atom stereocenters. The Labute approximate surface area is 177 Å². The minimum absolute atomic E-state index is 0.170. The number of carbonyl (C=O) groups is 1. The van der Waals surface area contributed by atoms with Gasteiger partial charge in [-0.25, -0.2) is 0 Å². The molecule has 1 aliphatic rings. The van der Waals surface area contributed by atoms with Gasteiger partial charge in [0.25, 0.3) is 5.91 Å². The van der Waals surface area contributed by atoms with E-state index in [1.165, 1.54) is 5.56 Å². The van der Waals surface area contributed by atoms with E-state index in [0.29, 0.717) is 41.9 Å². The normalized spacial score (nSPS) is 12.5. The lowest BCUT2D eigenvalue weighted by molar-refractivity contribution is 0.0938. The number of rotatable bonds is 5. The van der Waals surface area contributed by atoms with Crippen LogP contribution in [0.3, 0.4) is 0 Å². The Morgan fingerprint density at radius 2 is 1.68 bits per heavy atom. The van der Waals surface area contributed by atoms with Crippen LogP contribution in [0.15, 0.2) is 63.6 Å². The Morgan fingerprint density at radius 1 is 0.903 bits per heavy atom. The summed E-state index contributed by atoms with van der Waals surface area (Å²) < 4.78 is 21.8. The summed E-state index contributed by atoms with van der Waals surface area (Å²) in [6, 6.07) is 16.8. The molecular formula is C23H19N3O5. The van der Waals surface area contributed by atoms with E-state index in [2.05, 4.69) is 15.6 Å². The Kier molecular flexibility index (Phi) is 4.87. The summed E-state index contributed by atoms with van der Waals surface area (Å²) in [5, 5.41) is 10.7. The summed E-state index contributed by atoms with van der Waals surface area (Å²) in [6.45, 7) is 3.23. The minimum atomic E-state index is -0.374. The van der Waals surface area contributed by atoms with Gasteiger partial charge in [-0.05, 0) is 25.1 Å². The van der Waals surface area contributed by atoms with Crippen LogP contribution in [0.1, 0.15) is 21.8 Å². The number of hydrogen-bond donors (Lipinski definition) is 1. The van der Waals surface area contributed by atoms with Gasteiger partial charge in [0, 0.05) is 23.3 Å². The quantitative estimate of drug-likeness (QED) is 0.524. The number of hydrogen-bond acceptors (Lipinski definition) is 7. The minimum Gasteiger partial charge on any atom is -0.486 e. The van der Waals surface area contributed by atoms with E-state index in [-0.39, 0.29) is 18.1 Å². The third-order valence-corrected chi connectivity index (χ3v) is 4.90. The van der Waals surface area contributed by atoms with Gasteiger partial charge in [0.15, 0.2) is 28.7 Å². The van der Waals surface area contributed by atoms with Crippen molar-refractivity contribution in [2.45, 2.75) is 13.5 Å². The van der Waals surface area contributed by atoms with Crippen LogP contribution in [-0.4, -0.2) is 29.4 Å². The molecule has 8 nitrogen and oxygen atoms in total. The fourth-order valence-electron chi connectivity index (χ4n) is 3.23. The van der Waals surface area contributed by atoms with E-state index in [1.807, 2.05) is 43.3 Å². The highest BCUT2D eigenvalue weighted by atomic mass is 16.6. The first-order chi connectivity index (χ1) is 15.2. The van der Waals surface area contributed by atoms with Gasteiger partial charge >= 0.3 is 0 Å². The molecule has 0 saturated carbocycles. The molecule has 2 aromatic heterocycles. The van der Waals surface area contributed by atoms with Gasteiger partial charge in [0.05, 0.1) is 6.54 Å². The molecule has 2 aromatic carbocycles. The first kappa shape index (κ1) is 18.9. The highest BCUT2D eigenvalue weighted by molar-refractivity contribution is 5.93. The number of aryl methyl sites for hydroxylation is 1. The van der Waals surface area contributed by atoms with Crippen LogP contribution in [0.2, 0.25) is 0 Å². The first-order valence-corrected chi connectivity index (χ1v) is 9.83. The summed E-state index contributed by atoms with van der Waals surface area (Å²) in [6.07, 6.45) is 0. The van der Waals surface area contributed by atoms with E-state index in [9.17, 15) is 4.79 Å². The number of nitrogens with one attached hydrogen (secondary N) is 1. The Balaban J connectivity index is 1.24. The van der Waals surface area contributed by atoms with E-state index in [4.69, 9.17) is 18.5 Å². The predicted octanol–water partition coefficient (Wildman–Crippen LogP) is 4.01. The van der Waals surface area contributed by atoms with Gasteiger partial charge in [-0.15, -0.1) is 0 Å². The molecule has 1 aliphatic heterocycles. The van der Waals surface area contributed by atoms with Crippen molar-refractivity contribution in [3.8, 4) is 34.1 Å². The first-order valence-electron chi connectivity index (χ1n) is 9.83. The summed E-state index contributed by atoms with van der Waals surface area (Å²) in [5.74, 6) is 1.95. The topological polar surface area (TPSA) is 99.6 Å². The molecule has 0 radical (unpaired) electrons. The molecule has 3 heterocycles. The van der Waals surface area contributed by atoms with Gasteiger partial charge < -0.3 is 23.8 Å². The molecule has 0 aliphatic carbocycles. The molecular weight excluding hydrogens is 398 g/mol. The van der Waals surface area contributed by atoms with Crippen LogP contribution in [0, 0.1) is 6.92 Å². The second-order valence-electron chi connectivity index (χ2n) is 7.16. The molecule has 0 fully saturated rings. The van der Waals surface area contributed by atoms with Crippen LogP contribution in [0.25, 0.3) is 22.6 Å². The van der Waals surface area contributed by atoms with Gasteiger partial charge in [0.1, 0.15) is 18.9 Å². The lowest BCUT2D eigenvalue weighted by atomic mass is 10.1. The Morgan fingerprint density at radius 3 is 2.52 bits per heavy atom. The average Bonchev–Trinajstić information content (AvgIpc) is 3.48. The Bertz CT molecular complexity index is 1230. The molecule has 0 saturated heterocycles. The summed E-state index contributed by atoms with van der Waals surface area (Å²) in [4.78, 5) is 12.5. The number of nitrogens with zero attached hydrogens (tertiary/aromatic N) is 2. The summed E-state index contributed by atoms with van der Waals surface area (Å²) >= 11 is 0. The summed E-state index contributed by atoms with van der Waals surface area (Å²) in [5.41, 5.74) is 3.75. The van der Waals surface area contributed by atoms with E-state index < -0.39 is 0 Å². The van der Waals surface area contributed by atoms with Crippen molar-refractivity contribution >= 4 is 5.91 Å². The second-order valence-corrected chi connectivity index (χ2v) is 7.16. The van der Waals surface area contributed by atoms with Crippen LogP contribution in [0.4, 0.5) is 0 Å². The largest absolute Gasteiger partial charge is 0.486 e. The van der Waals surface area contributed by atoms with Crippen molar-refractivity contribution in [1.29, 1.82) is 0 Å². The SMILES string of the molecule is Cc1ccc(-c2cc(CNC(=O)c3cc(-c4ccc5c(c4)OCCO5)on3)on2)cc1. The molecule has 8 heteroatoms. The Hall–Kier alpha value is -4.07. The highest BCUT2D eigenvalue weighted by Crippen LogP contribution is 2.34. The van der Waals surface area contributed by atoms with Crippen molar-refractivity contribution in [3.63, 3.8) is 0 Å². The molecule has 31 heavy (non-hydrogen) atoms. The van der Waals surface area contributed by atoms with Crippen LogP contribution in [0.5, 0.6) is 11.5 Å². The maximum Gasteiger partial charge on any atom is 0.273 e. The van der Waals surface area contributed by atoms with Crippen molar-refractivity contribution in [2.24, 2.45) is 0 Å². The molecule has 0 spiro atoms. The fraction of sp³-hybridized carbons (Fsp3) is 0.174. The molecule has 5 rings (SSSR count). The molecule has 1 amide bonds. The maximum absolute atomic E-state index is 12.5. The third-order valence-electron chi connectivity index (χ3n) is 4.90. The lowest BCUT2D eigenvalue weighted by Gasteiger charge is -2.18. The molecule has 156 valence electrons. The zero-order chi connectivity index (χ0) is 21.2. The standard InChI is InChI=1S/C23H19N3O5/c1-14-2-4-15(5-3-14)18-11-17(30-25-18)13-24-23(27)19-12-21(31-26-19)16-6-7-20-22(10-16)29-9-8-28-20/h2-7,10-12H,8-9,13H2,1H3,(H,24,27).